The molecule has 0 spiro atoms. The van der Waals surface area contributed by atoms with Gasteiger partial charge in [-0.25, -0.2) is 4.98 Å². The third-order valence-electron chi connectivity index (χ3n) is 5.30. The Bertz CT molecular complexity index is 848. The normalized spacial score (nSPS) is 14.2. The molecular formula is C22H29N5O2. The fraction of sp³-hybridized carbons (Fsp3) is 0.409. The molecule has 7 heteroatoms. The lowest BCUT2D eigenvalue weighted by molar-refractivity contribution is -0.132. The number of nitrogens with one attached hydrogen (secondary N) is 1. The van der Waals surface area contributed by atoms with Crippen molar-refractivity contribution in [2.24, 2.45) is 0 Å². The van der Waals surface area contributed by atoms with E-state index in [0.717, 1.165) is 35.7 Å². The van der Waals surface area contributed by atoms with Crippen molar-refractivity contribution in [3.63, 3.8) is 0 Å². The van der Waals surface area contributed by atoms with Gasteiger partial charge in [0.25, 0.3) is 0 Å². The Labute approximate surface area is 172 Å². The molecule has 0 aliphatic carbocycles. The lowest BCUT2D eigenvalue weighted by Crippen LogP contribution is -2.51. The summed E-state index contributed by atoms with van der Waals surface area (Å²) in [6, 6.07) is 11.7. The maximum atomic E-state index is 12.6. The Balaban J connectivity index is 1.44. The Morgan fingerprint density at radius 2 is 1.79 bits per heavy atom. The number of pyridine rings is 1. The number of benzene rings is 1. The monoisotopic (exact) mass is 395 g/mol. The fourth-order valence-electron chi connectivity index (χ4n) is 3.43. The molecule has 3 rings (SSSR count). The molecule has 29 heavy (non-hydrogen) atoms. The van der Waals surface area contributed by atoms with Gasteiger partial charge >= 0.3 is 0 Å². The lowest BCUT2D eigenvalue weighted by atomic mass is 10.1. The van der Waals surface area contributed by atoms with Crippen LogP contribution < -0.4 is 10.2 Å². The Morgan fingerprint density at radius 3 is 2.48 bits per heavy atom. The van der Waals surface area contributed by atoms with Crippen LogP contribution in [0.25, 0.3) is 0 Å². The summed E-state index contributed by atoms with van der Waals surface area (Å²) in [6.45, 7) is 7.26. The third kappa shape index (κ3) is 5.54. The highest BCUT2D eigenvalue weighted by molar-refractivity contribution is 5.93. The van der Waals surface area contributed by atoms with E-state index in [0.29, 0.717) is 13.1 Å². The maximum Gasteiger partial charge on any atom is 0.238 e. The van der Waals surface area contributed by atoms with Gasteiger partial charge in [0, 0.05) is 38.1 Å². The molecule has 2 amide bonds. The van der Waals surface area contributed by atoms with Crippen molar-refractivity contribution in [2.45, 2.75) is 13.8 Å². The van der Waals surface area contributed by atoms with Gasteiger partial charge in [-0.3, -0.25) is 14.5 Å². The SMILES string of the molecule is Cc1cccc(NC(=O)CN(C)CC(=O)N2CCN(c3ccccn3)CC2)c1C. The second-order valence-corrected chi connectivity index (χ2v) is 7.52. The first-order chi connectivity index (χ1) is 13.9. The second-order valence-electron chi connectivity index (χ2n) is 7.52. The van der Waals surface area contributed by atoms with Crippen LogP contribution >= 0.6 is 0 Å². The number of hydrogen-bond acceptors (Lipinski definition) is 5. The van der Waals surface area contributed by atoms with Crippen LogP contribution in [-0.4, -0.2) is 72.9 Å². The molecule has 1 aromatic carbocycles. The van der Waals surface area contributed by atoms with E-state index in [1.165, 1.54) is 0 Å². The zero-order valence-corrected chi connectivity index (χ0v) is 17.4. The van der Waals surface area contributed by atoms with Gasteiger partial charge in [0.05, 0.1) is 13.1 Å². The second kappa shape index (κ2) is 9.52. The largest absolute Gasteiger partial charge is 0.353 e. The minimum atomic E-state index is -0.117. The van der Waals surface area contributed by atoms with E-state index in [9.17, 15) is 9.59 Å². The van der Waals surface area contributed by atoms with E-state index < -0.39 is 0 Å². The van der Waals surface area contributed by atoms with Crippen LogP contribution in [-0.2, 0) is 9.59 Å². The smallest absolute Gasteiger partial charge is 0.238 e. The predicted octanol–water partition coefficient (Wildman–Crippen LogP) is 1.92. The van der Waals surface area contributed by atoms with Crippen LogP contribution in [0.1, 0.15) is 11.1 Å². The predicted molar refractivity (Wildman–Crippen MR) is 115 cm³/mol. The first-order valence-electron chi connectivity index (χ1n) is 9.92. The lowest BCUT2D eigenvalue weighted by Gasteiger charge is -2.36. The third-order valence-corrected chi connectivity index (χ3v) is 5.30. The molecule has 0 radical (unpaired) electrons. The molecule has 0 unspecified atom stereocenters. The maximum absolute atomic E-state index is 12.6. The molecule has 1 saturated heterocycles. The number of amides is 2. The molecule has 1 N–H and O–H groups in total. The van der Waals surface area contributed by atoms with Crippen LogP contribution in [0.5, 0.6) is 0 Å². The average Bonchev–Trinajstić information content (AvgIpc) is 2.72. The highest BCUT2D eigenvalue weighted by Crippen LogP contribution is 2.18. The van der Waals surface area contributed by atoms with E-state index in [1.54, 1.807) is 18.1 Å². The minimum Gasteiger partial charge on any atom is -0.353 e. The molecule has 1 aliphatic heterocycles. The van der Waals surface area contributed by atoms with E-state index in [-0.39, 0.29) is 24.9 Å². The van der Waals surface area contributed by atoms with E-state index in [4.69, 9.17) is 0 Å². The summed E-state index contributed by atoms with van der Waals surface area (Å²) in [6.07, 6.45) is 1.78. The number of nitrogens with zero attached hydrogens (tertiary/aromatic N) is 4. The van der Waals surface area contributed by atoms with Crippen molar-refractivity contribution in [3.05, 3.63) is 53.7 Å². The van der Waals surface area contributed by atoms with Crippen LogP contribution in [0.4, 0.5) is 11.5 Å². The molecule has 1 aromatic heterocycles. The van der Waals surface area contributed by atoms with Gasteiger partial charge in [0.15, 0.2) is 0 Å². The summed E-state index contributed by atoms with van der Waals surface area (Å²) in [4.78, 5) is 35.1. The van der Waals surface area contributed by atoms with Crippen molar-refractivity contribution >= 4 is 23.3 Å². The number of aryl methyl sites for hydroxylation is 1. The van der Waals surface area contributed by atoms with E-state index >= 15 is 0 Å². The van der Waals surface area contributed by atoms with Crippen molar-refractivity contribution in [2.75, 3.05) is 56.5 Å². The van der Waals surface area contributed by atoms with Gasteiger partial charge in [0.1, 0.15) is 5.82 Å². The minimum absolute atomic E-state index is 0.0488. The number of carbonyl (C=O) groups is 2. The first kappa shape index (κ1) is 20.8. The summed E-state index contributed by atoms with van der Waals surface area (Å²) in [5.74, 6) is 0.876. The summed E-state index contributed by atoms with van der Waals surface area (Å²) in [7, 11) is 1.80. The highest BCUT2D eigenvalue weighted by Gasteiger charge is 2.23. The molecule has 1 aliphatic rings. The number of rotatable bonds is 6. The molecule has 154 valence electrons. The van der Waals surface area contributed by atoms with Crippen LogP contribution in [0.3, 0.4) is 0 Å². The highest BCUT2D eigenvalue weighted by atomic mass is 16.2. The molecule has 7 nitrogen and oxygen atoms in total. The Hall–Kier alpha value is -2.93. The standard InChI is InChI=1S/C22H29N5O2/c1-17-7-6-8-19(18(17)2)24-21(28)15-25(3)16-22(29)27-13-11-26(12-14-27)20-9-4-5-10-23-20/h4-10H,11-16H2,1-3H3,(H,24,28). The zero-order valence-electron chi connectivity index (χ0n) is 17.4. The summed E-state index contributed by atoms with van der Waals surface area (Å²) >= 11 is 0. The summed E-state index contributed by atoms with van der Waals surface area (Å²) in [5.41, 5.74) is 3.02. The topological polar surface area (TPSA) is 68.8 Å². The Kier molecular flexibility index (Phi) is 6.82. The zero-order chi connectivity index (χ0) is 20.8. The quantitative estimate of drug-likeness (QED) is 0.809. The fourth-order valence-corrected chi connectivity index (χ4v) is 3.43. The molecular weight excluding hydrogens is 366 g/mol. The Morgan fingerprint density at radius 1 is 1.03 bits per heavy atom. The number of piperazine rings is 1. The summed E-state index contributed by atoms with van der Waals surface area (Å²) in [5, 5.41) is 2.94. The van der Waals surface area contributed by atoms with Crippen molar-refractivity contribution in [1.29, 1.82) is 0 Å². The first-order valence-corrected chi connectivity index (χ1v) is 9.92. The molecule has 0 bridgehead atoms. The van der Waals surface area contributed by atoms with Crippen LogP contribution in [0.15, 0.2) is 42.6 Å². The number of aromatic nitrogens is 1. The molecule has 0 saturated carbocycles. The van der Waals surface area contributed by atoms with Gasteiger partial charge < -0.3 is 15.1 Å². The van der Waals surface area contributed by atoms with Crippen LogP contribution in [0, 0.1) is 13.8 Å². The molecule has 2 aromatic rings. The average molecular weight is 396 g/mol. The summed E-state index contributed by atoms with van der Waals surface area (Å²) < 4.78 is 0. The van der Waals surface area contributed by atoms with E-state index in [2.05, 4.69) is 15.2 Å². The van der Waals surface area contributed by atoms with Crippen LogP contribution in [0.2, 0.25) is 0 Å². The number of anilines is 2. The van der Waals surface area contributed by atoms with Crippen molar-refractivity contribution < 1.29 is 9.59 Å². The van der Waals surface area contributed by atoms with E-state index in [1.807, 2.05) is 55.1 Å². The van der Waals surface area contributed by atoms with Gasteiger partial charge in [-0.15, -0.1) is 0 Å². The number of carbonyl (C=O) groups excluding carboxylic acids is 2. The van der Waals surface area contributed by atoms with Crippen molar-refractivity contribution in [1.82, 2.24) is 14.8 Å². The molecule has 1 fully saturated rings. The van der Waals surface area contributed by atoms with Gasteiger partial charge in [0.2, 0.25) is 11.8 Å². The molecule has 2 heterocycles. The number of hydrogen-bond donors (Lipinski definition) is 1. The number of likely N-dealkylation sites (N-methyl/N-ethyl adjacent to an activating group) is 1. The van der Waals surface area contributed by atoms with Gasteiger partial charge in [-0.1, -0.05) is 18.2 Å². The van der Waals surface area contributed by atoms with Gasteiger partial charge in [-0.2, -0.15) is 0 Å². The van der Waals surface area contributed by atoms with Crippen molar-refractivity contribution in [3.8, 4) is 0 Å². The molecule has 0 atom stereocenters. The van der Waals surface area contributed by atoms with Gasteiger partial charge in [-0.05, 0) is 50.2 Å².